The highest BCUT2D eigenvalue weighted by molar-refractivity contribution is 6.08. The highest BCUT2D eigenvalue weighted by atomic mass is 16.3. The monoisotopic (exact) mass is 366 g/mol. The number of hydrogen-bond donors (Lipinski definition) is 2. The van der Waals surface area contributed by atoms with Gasteiger partial charge in [0.1, 0.15) is 16.8 Å². The highest BCUT2D eigenvalue weighted by Gasteiger charge is 2.25. The lowest BCUT2D eigenvalue weighted by Gasteiger charge is -2.32. The number of aromatic nitrogens is 2. The maximum absolute atomic E-state index is 13.2. The van der Waals surface area contributed by atoms with Crippen LogP contribution < -0.4 is 10.7 Å². The lowest BCUT2D eigenvalue weighted by molar-refractivity contribution is 0.0707. The fourth-order valence-electron chi connectivity index (χ4n) is 3.81. The molecule has 0 aliphatic carbocycles. The Morgan fingerprint density at radius 3 is 2.96 bits per heavy atom. The Morgan fingerprint density at radius 2 is 2.22 bits per heavy atom. The average Bonchev–Trinajstić information content (AvgIpc) is 2.68. The van der Waals surface area contributed by atoms with Crippen molar-refractivity contribution in [2.24, 2.45) is 0 Å². The lowest BCUT2D eigenvalue weighted by Crippen LogP contribution is -2.52. The Labute approximate surface area is 156 Å². The molecule has 4 rings (SSSR count). The molecule has 1 fully saturated rings. The van der Waals surface area contributed by atoms with Crippen molar-refractivity contribution in [3.8, 4) is 5.75 Å². The van der Waals surface area contributed by atoms with Gasteiger partial charge in [0.15, 0.2) is 0 Å². The van der Waals surface area contributed by atoms with Gasteiger partial charge in [0.05, 0.1) is 10.9 Å². The summed E-state index contributed by atoms with van der Waals surface area (Å²) in [5.41, 5.74) is 0.920. The number of fused-ring (bicyclic) bond motifs is 3. The van der Waals surface area contributed by atoms with Crippen molar-refractivity contribution in [1.29, 1.82) is 0 Å². The smallest absolute Gasteiger partial charge is 0.259 e. The molecule has 2 N–H and O–H groups in total. The van der Waals surface area contributed by atoms with E-state index in [9.17, 15) is 14.7 Å². The molecule has 27 heavy (non-hydrogen) atoms. The van der Waals surface area contributed by atoms with Crippen molar-refractivity contribution >= 4 is 27.7 Å². The van der Waals surface area contributed by atoms with Crippen LogP contribution in [0.2, 0.25) is 0 Å². The van der Waals surface area contributed by atoms with E-state index in [1.807, 2.05) is 24.5 Å². The first kappa shape index (κ1) is 17.5. The quantitative estimate of drug-likeness (QED) is 0.674. The molecule has 3 aromatic rings. The molecule has 0 radical (unpaired) electrons. The number of piperazine rings is 1. The van der Waals surface area contributed by atoms with Crippen molar-refractivity contribution in [2.45, 2.75) is 26.4 Å². The predicted molar refractivity (Wildman–Crippen MR) is 104 cm³/mol. The third-order valence-electron chi connectivity index (χ3n) is 5.13. The van der Waals surface area contributed by atoms with Gasteiger partial charge in [-0.25, -0.2) is 0 Å². The van der Waals surface area contributed by atoms with E-state index in [1.165, 1.54) is 6.07 Å². The molecule has 3 heterocycles. The van der Waals surface area contributed by atoms with Crippen molar-refractivity contribution in [3.63, 3.8) is 0 Å². The van der Waals surface area contributed by atoms with E-state index in [4.69, 9.17) is 0 Å². The minimum Gasteiger partial charge on any atom is -0.506 e. The molecule has 2 aromatic heterocycles. The van der Waals surface area contributed by atoms with Gasteiger partial charge in [-0.3, -0.25) is 14.6 Å². The number of pyridine rings is 2. The van der Waals surface area contributed by atoms with E-state index < -0.39 is 0 Å². The summed E-state index contributed by atoms with van der Waals surface area (Å²) in [4.78, 5) is 32.1. The van der Waals surface area contributed by atoms with Crippen LogP contribution in [0.1, 0.15) is 24.2 Å². The van der Waals surface area contributed by atoms with Gasteiger partial charge in [-0.15, -0.1) is 0 Å². The van der Waals surface area contributed by atoms with E-state index in [0.717, 1.165) is 0 Å². The Morgan fingerprint density at radius 1 is 1.41 bits per heavy atom. The summed E-state index contributed by atoms with van der Waals surface area (Å²) in [5.74, 6) is -0.318. The van der Waals surface area contributed by atoms with E-state index in [0.29, 0.717) is 48.0 Å². The van der Waals surface area contributed by atoms with Gasteiger partial charge in [-0.05, 0) is 32.0 Å². The SMILES string of the molecule is CCn1cc(C(=O)N2CCNC(C)C2)c(=O)c2cc(O)c3ncccc3c21. The number of nitrogens with zero attached hydrogens (tertiary/aromatic N) is 3. The molecule has 1 aromatic carbocycles. The number of carbonyl (C=O) groups is 1. The van der Waals surface area contributed by atoms with Crippen LogP contribution in [-0.4, -0.2) is 51.1 Å². The van der Waals surface area contributed by atoms with Gasteiger partial charge in [-0.1, -0.05) is 0 Å². The van der Waals surface area contributed by atoms with Gasteiger partial charge in [0.25, 0.3) is 5.91 Å². The summed E-state index contributed by atoms with van der Waals surface area (Å²) >= 11 is 0. The zero-order valence-corrected chi connectivity index (χ0v) is 15.4. The molecule has 0 saturated carbocycles. The summed E-state index contributed by atoms with van der Waals surface area (Å²) in [7, 11) is 0. The first-order valence-electron chi connectivity index (χ1n) is 9.17. The minimum atomic E-state index is -0.355. The van der Waals surface area contributed by atoms with E-state index >= 15 is 0 Å². The van der Waals surface area contributed by atoms with Crippen LogP contribution in [0.5, 0.6) is 5.75 Å². The molecule has 7 nitrogen and oxygen atoms in total. The van der Waals surface area contributed by atoms with Gasteiger partial charge in [0.2, 0.25) is 5.43 Å². The van der Waals surface area contributed by atoms with Crippen molar-refractivity contribution < 1.29 is 9.90 Å². The molecule has 1 amide bonds. The van der Waals surface area contributed by atoms with Gasteiger partial charge in [-0.2, -0.15) is 0 Å². The van der Waals surface area contributed by atoms with Crippen LogP contribution in [0.15, 0.2) is 35.4 Å². The summed E-state index contributed by atoms with van der Waals surface area (Å²) in [5, 5.41) is 14.7. The second-order valence-corrected chi connectivity index (χ2v) is 6.96. The Balaban J connectivity index is 1.96. The van der Waals surface area contributed by atoms with Crippen LogP contribution in [-0.2, 0) is 6.54 Å². The molecule has 1 atom stereocenters. The summed E-state index contributed by atoms with van der Waals surface area (Å²) in [6, 6.07) is 5.22. The Hall–Kier alpha value is -2.93. The van der Waals surface area contributed by atoms with Crippen LogP contribution in [0.4, 0.5) is 0 Å². The number of carbonyl (C=O) groups excluding carboxylic acids is 1. The molecule has 7 heteroatoms. The van der Waals surface area contributed by atoms with Crippen LogP contribution in [0, 0.1) is 0 Å². The number of amides is 1. The van der Waals surface area contributed by atoms with Crippen molar-refractivity contribution in [2.75, 3.05) is 19.6 Å². The number of aryl methyl sites for hydroxylation is 1. The van der Waals surface area contributed by atoms with Crippen LogP contribution in [0.25, 0.3) is 21.8 Å². The fraction of sp³-hybridized carbons (Fsp3) is 0.350. The predicted octanol–water partition coefficient (Wildman–Crippen LogP) is 1.71. The Bertz CT molecular complexity index is 1110. The first-order chi connectivity index (χ1) is 13.0. The molecule has 0 spiro atoms. The average molecular weight is 366 g/mol. The summed E-state index contributed by atoms with van der Waals surface area (Å²) < 4.78 is 1.89. The zero-order chi connectivity index (χ0) is 19.1. The Kier molecular flexibility index (Phi) is 4.31. The third-order valence-corrected chi connectivity index (χ3v) is 5.13. The largest absolute Gasteiger partial charge is 0.506 e. The van der Waals surface area contributed by atoms with E-state index in [2.05, 4.69) is 10.3 Å². The molecule has 140 valence electrons. The van der Waals surface area contributed by atoms with Gasteiger partial charge in [0, 0.05) is 50.0 Å². The highest BCUT2D eigenvalue weighted by Crippen LogP contribution is 2.30. The minimum absolute atomic E-state index is 0.0572. The lowest BCUT2D eigenvalue weighted by atomic mass is 10.0. The normalized spacial score (nSPS) is 17.6. The zero-order valence-electron chi connectivity index (χ0n) is 15.4. The second kappa shape index (κ2) is 6.66. The summed E-state index contributed by atoms with van der Waals surface area (Å²) in [6.45, 7) is 6.40. The van der Waals surface area contributed by atoms with Crippen molar-refractivity contribution in [3.05, 3.63) is 46.4 Å². The third kappa shape index (κ3) is 2.84. The number of aromatic hydroxyl groups is 1. The second-order valence-electron chi connectivity index (χ2n) is 6.96. The van der Waals surface area contributed by atoms with Crippen molar-refractivity contribution in [1.82, 2.24) is 19.8 Å². The molecule has 1 aliphatic heterocycles. The number of rotatable bonds is 2. The molecule has 1 saturated heterocycles. The maximum Gasteiger partial charge on any atom is 0.259 e. The first-order valence-corrected chi connectivity index (χ1v) is 9.17. The number of phenolic OH excluding ortho intramolecular Hbond substituents is 1. The number of nitrogens with one attached hydrogen (secondary N) is 1. The standard InChI is InChI=1S/C20H22N4O3/c1-3-23-11-15(20(27)24-8-7-21-12(2)10-24)19(26)14-9-16(25)17-13(18(14)23)5-4-6-22-17/h4-6,9,11-12,21,25H,3,7-8,10H2,1-2H3. The molecular formula is C20H22N4O3. The number of hydrogen-bond acceptors (Lipinski definition) is 5. The molecule has 0 bridgehead atoms. The fourth-order valence-corrected chi connectivity index (χ4v) is 3.81. The molecule has 1 aliphatic rings. The topological polar surface area (TPSA) is 87.5 Å². The van der Waals surface area contributed by atoms with Gasteiger partial charge < -0.3 is 19.9 Å². The molecular weight excluding hydrogens is 344 g/mol. The van der Waals surface area contributed by atoms with E-state index in [-0.39, 0.29) is 28.7 Å². The summed E-state index contributed by atoms with van der Waals surface area (Å²) in [6.07, 6.45) is 3.24. The number of benzene rings is 1. The van der Waals surface area contributed by atoms with Crippen LogP contribution >= 0.6 is 0 Å². The van der Waals surface area contributed by atoms with Crippen LogP contribution in [0.3, 0.4) is 0 Å². The number of phenols is 1. The van der Waals surface area contributed by atoms with Gasteiger partial charge >= 0.3 is 0 Å². The maximum atomic E-state index is 13.2. The van der Waals surface area contributed by atoms with E-state index in [1.54, 1.807) is 23.4 Å². The molecule has 1 unspecified atom stereocenters.